The van der Waals surface area contributed by atoms with Crippen molar-refractivity contribution in [1.29, 1.82) is 0 Å². The molecule has 0 radical (unpaired) electrons. The Morgan fingerprint density at radius 1 is 1.41 bits per heavy atom. The molecular weight excluding hydrogens is 218 g/mol. The lowest BCUT2D eigenvalue weighted by Crippen LogP contribution is -2.31. The Bertz CT molecular complexity index is 511. The van der Waals surface area contributed by atoms with Gasteiger partial charge in [-0.15, -0.1) is 0 Å². The monoisotopic (exact) mass is 231 g/mol. The number of aromatic nitrogens is 3. The van der Waals surface area contributed by atoms with Crippen LogP contribution in [0, 0.1) is 0 Å². The normalized spacial score (nSPS) is 15.8. The molecule has 0 fully saturated rings. The second kappa shape index (κ2) is 4.14. The third kappa shape index (κ3) is 2.12. The van der Waals surface area contributed by atoms with Crippen LogP contribution in [-0.2, 0) is 19.5 Å². The molecule has 17 heavy (non-hydrogen) atoms. The highest BCUT2D eigenvalue weighted by atomic mass is 16.3. The van der Waals surface area contributed by atoms with Gasteiger partial charge < -0.3 is 10.2 Å². The van der Waals surface area contributed by atoms with Crippen molar-refractivity contribution in [3.8, 4) is 0 Å². The van der Waals surface area contributed by atoms with Crippen molar-refractivity contribution < 1.29 is 4.42 Å². The minimum absolute atomic E-state index is 0.352. The zero-order chi connectivity index (χ0) is 11.7. The van der Waals surface area contributed by atoms with Crippen LogP contribution < -0.4 is 5.73 Å². The summed E-state index contributed by atoms with van der Waals surface area (Å²) in [7, 11) is 0. The number of anilines is 1. The highest BCUT2D eigenvalue weighted by Crippen LogP contribution is 2.18. The van der Waals surface area contributed by atoms with Crippen molar-refractivity contribution >= 4 is 5.95 Å². The van der Waals surface area contributed by atoms with Gasteiger partial charge in [0.25, 0.3) is 0 Å². The third-order valence-corrected chi connectivity index (χ3v) is 2.87. The van der Waals surface area contributed by atoms with E-state index in [9.17, 15) is 0 Å². The fourth-order valence-corrected chi connectivity index (χ4v) is 2.05. The summed E-state index contributed by atoms with van der Waals surface area (Å²) >= 11 is 0. The smallest absolute Gasteiger partial charge is 0.220 e. The molecule has 2 aromatic rings. The average Bonchev–Trinajstić information content (AvgIpc) is 2.82. The van der Waals surface area contributed by atoms with Gasteiger partial charge in [-0.25, -0.2) is 15.0 Å². The maximum atomic E-state index is 5.57. The molecule has 3 rings (SSSR count). The van der Waals surface area contributed by atoms with E-state index in [-0.39, 0.29) is 0 Å². The molecule has 0 saturated carbocycles. The molecular formula is C11H13N5O. The van der Waals surface area contributed by atoms with Crippen LogP contribution in [0.5, 0.6) is 0 Å². The average molecular weight is 231 g/mol. The van der Waals surface area contributed by atoms with Crippen LogP contribution in [0.3, 0.4) is 0 Å². The fraction of sp³-hybridized carbons (Fsp3) is 0.364. The van der Waals surface area contributed by atoms with E-state index in [0.717, 1.165) is 43.2 Å². The van der Waals surface area contributed by atoms with Gasteiger partial charge >= 0.3 is 0 Å². The Balaban J connectivity index is 1.74. The maximum Gasteiger partial charge on any atom is 0.220 e. The molecule has 0 aromatic carbocycles. The molecule has 2 aromatic heterocycles. The summed E-state index contributed by atoms with van der Waals surface area (Å²) in [5.74, 6) is 1.09. The molecule has 6 nitrogen and oxygen atoms in total. The van der Waals surface area contributed by atoms with Crippen molar-refractivity contribution in [3.63, 3.8) is 0 Å². The Labute approximate surface area is 98.5 Å². The molecule has 0 aliphatic carbocycles. The van der Waals surface area contributed by atoms with Crippen molar-refractivity contribution in [2.24, 2.45) is 0 Å². The molecule has 3 heterocycles. The van der Waals surface area contributed by atoms with Crippen molar-refractivity contribution in [2.75, 3.05) is 12.3 Å². The SMILES string of the molecule is Nc1ncc2c(n1)CCN(Cc1ncco1)C2. The van der Waals surface area contributed by atoms with Crippen molar-refractivity contribution in [3.05, 3.63) is 35.8 Å². The van der Waals surface area contributed by atoms with Crippen LogP contribution in [0.4, 0.5) is 5.95 Å². The minimum Gasteiger partial charge on any atom is -0.448 e. The summed E-state index contributed by atoms with van der Waals surface area (Å²) in [6, 6.07) is 0. The zero-order valence-corrected chi connectivity index (χ0v) is 9.33. The number of rotatable bonds is 2. The fourth-order valence-electron chi connectivity index (χ4n) is 2.05. The van der Waals surface area contributed by atoms with Crippen LogP contribution in [0.2, 0.25) is 0 Å². The molecule has 0 bridgehead atoms. The van der Waals surface area contributed by atoms with Gasteiger partial charge in [-0.1, -0.05) is 0 Å². The van der Waals surface area contributed by atoms with E-state index in [0.29, 0.717) is 5.95 Å². The molecule has 0 amide bonds. The lowest BCUT2D eigenvalue weighted by molar-refractivity contribution is 0.219. The number of hydrogen-bond acceptors (Lipinski definition) is 6. The Kier molecular flexibility index (Phi) is 2.49. The van der Waals surface area contributed by atoms with Crippen LogP contribution in [0.25, 0.3) is 0 Å². The summed E-state index contributed by atoms with van der Waals surface area (Å²) in [4.78, 5) is 14.6. The summed E-state index contributed by atoms with van der Waals surface area (Å²) in [5, 5.41) is 0. The summed E-state index contributed by atoms with van der Waals surface area (Å²) < 4.78 is 5.24. The lowest BCUT2D eigenvalue weighted by atomic mass is 10.1. The van der Waals surface area contributed by atoms with E-state index >= 15 is 0 Å². The van der Waals surface area contributed by atoms with Gasteiger partial charge in [0, 0.05) is 31.3 Å². The number of fused-ring (bicyclic) bond motifs is 1. The number of nitrogens with zero attached hydrogens (tertiary/aromatic N) is 4. The second-order valence-electron chi connectivity index (χ2n) is 4.09. The van der Waals surface area contributed by atoms with E-state index in [4.69, 9.17) is 10.2 Å². The molecule has 0 unspecified atom stereocenters. The minimum atomic E-state index is 0.352. The van der Waals surface area contributed by atoms with Gasteiger partial charge in [-0.3, -0.25) is 4.90 Å². The summed E-state index contributed by atoms with van der Waals surface area (Å²) in [6.45, 7) is 2.47. The standard InChI is InChI=1S/C11H13N5O/c12-11-14-5-8-6-16(3-1-9(8)15-11)7-10-13-2-4-17-10/h2,4-5H,1,3,6-7H2,(H2,12,14,15). The molecule has 0 atom stereocenters. The van der Waals surface area contributed by atoms with Crippen LogP contribution in [0.15, 0.2) is 23.1 Å². The van der Waals surface area contributed by atoms with E-state index in [1.54, 1.807) is 18.7 Å². The van der Waals surface area contributed by atoms with Crippen LogP contribution >= 0.6 is 0 Å². The predicted octanol–water partition coefficient (Wildman–Crippen LogP) is 0.605. The van der Waals surface area contributed by atoms with Gasteiger partial charge in [-0.2, -0.15) is 0 Å². The highest BCUT2D eigenvalue weighted by Gasteiger charge is 2.19. The molecule has 88 valence electrons. The number of nitrogen functional groups attached to an aromatic ring is 1. The van der Waals surface area contributed by atoms with E-state index < -0.39 is 0 Å². The number of hydrogen-bond donors (Lipinski definition) is 1. The largest absolute Gasteiger partial charge is 0.448 e. The van der Waals surface area contributed by atoms with E-state index in [2.05, 4.69) is 19.9 Å². The summed E-state index contributed by atoms with van der Waals surface area (Å²) in [5.41, 5.74) is 7.76. The van der Waals surface area contributed by atoms with Gasteiger partial charge in [0.1, 0.15) is 6.26 Å². The predicted molar refractivity (Wildman–Crippen MR) is 60.8 cm³/mol. The highest BCUT2D eigenvalue weighted by molar-refractivity contribution is 5.26. The quantitative estimate of drug-likeness (QED) is 0.815. The Morgan fingerprint density at radius 3 is 3.18 bits per heavy atom. The number of oxazole rings is 1. The number of nitrogens with two attached hydrogens (primary N) is 1. The molecule has 1 aliphatic rings. The van der Waals surface area contributed by atoms with Gasteiger partial charge in [0.2, 0.25) is 11.8 Å². The Morgan fingerprint density at radius 2 is 2.35 bits per heavy atom. The first-order chi connectivity index (χ1) is 8.31. The van der Waals surface area contributed by atoms with E-state index in [1.165, 1.54) is 0 Å². The molecule has 0 saturated heterocycles. The van der Waals surface area contributed by atoms with Crippen LogP contribution in [-0.4, -0.2) is 26.4 Å². The first-order valence-corrected chi connectivity index (χ1v) is 5.52. The zero-order valence-electron chi connectivity index (χ0n) is 9.33. The van der Waals surface area contributed by atoms with E-state index in [1.807, 2.05) is 0 Å². The third-order valence-electron chi connectivity index (χ3n) is 2.87. The molecule has 0 spiro atoms. The molecule has 2 N–H and O–H groups in total. The van der Waals surface area contributed by atoms with Gasteiger partial charge in [0.05, 0.1) is 18.4 Å². The second-order valence-corrected chi connectivity index (χ2v) is 4.09. The van der Waals surface area contributed by atoms with Crippen molar-refractivity contribution in [2.45, 2.75) is 19.5 Å². The molecule has 1 aliphatic heterocycles. The first kappa shape index (κ1) is 10.2. The molecule has 6 heteroatoms. The maximum absolute atomic E-state index is 5.57. The van der Waals surface area contributed by atoms with Gasteiger partial charge in [-0.05, 0) is 0 Å². The lowest BCUT2D eigenvalue weighted by Gasteiger charge is -2.26. The Hall–Kier alpha value is -1.95. The topological polar surface area (TPSA) is 81.1 Å². The first-order valence-electron chi connectivity index (χ1n) is 5.52. The van der Waals surface area contributed by atoms with Crippen molar-refractivity contribution in [1.82, 2.24) is 19.9 Å². The van der Waals surface area contributed by atoms with Gasteiger partial charge in [0.15, 0.2) is 0 Å². The van der Waals surface area contributed by atoms with Crippen LogP contribution in [0.1, 0.15) is 17.1 Å². The summed E-state index contributed by atoms with van der Waals surface area (Å²) in [6.07, 6.45) is 5.95.